The number of quaternary nitrogens is 1. The van der Waals surface area contributed by atoms with Crippen molar-refractivity contribution in [2.24, 2.45) is 0 Å². The topological polar surface area (TPSA) is 31.0 Å². The number of benzene rings is 2. The fraction of sp³-hybridized carbons (Fsp3) is 0.250. The Kier molecular flexibility index (Phi) is 3.00. The van der Waals surface area contributed by atoms with Crippen LogP contribution in [0.4, 0.5) is 5.82 Å². The number of aromatic nitrogens is 2. The molecule has 0 N–H and O–H groups in total. The molecule has 0 unspecified atom stereocenters. The van der Waals surface area contributed by atoms with Gasteiger partial charge in [-0.15, -0.1) is 0 Å². The third-order valence-electron chi connectivity index (χ3n) is 5.29. The third kappa shape index (κ3) is 1.93. The Morgan fingerprint density at radius 1 is 0.833 bits per heavy atom. The van der Waals surface area contributed by atoms with Crippen LogP contribution in [0, 0.1) is 0 Å². The van der Waals surface area contributed by atoms with Crippen molar-refractivity contribution in [3.8, 4) is 0 Å². The van der Waals surface area contributed by atoms with E-state index in [9.17, 15) is 0 Å². The zero-order valence-electron chi connectivity index (χ0n) is 13.6. The predicted molar refractivity (Wildman–Crippen MR) is 96.7 cm³/mol. The van der Waals surface area contributed by atoms with Gasteiger partial charge in [0.05, 0.1) is 12.4 Å². The van der Waals surface area contributed by atoms with Crippen LogP contribution in [0.5, 0.6) is 0 Å². The second kappa shape index (κ2) is 5.21. The van der Waals surface area contributed by atoms with E-state index in [4.69, 9.17) is 4.52 Å². The summed E-state index contributed by atoms with van der Waals surface area (Å²) >= 11 is 0. The largest absolute Gasteiger partial charge is 0.351 e. The van der Waals surface area contributed by atoms with Gasteiger partial charge in [0.2, 0.25) is 0 Å². The maximum atomic E-state index is 5.64. The maximum absolute atomic E-state index is 5.64. The van der Waals surface area contributed by atoms with Gasteiger partial charge in [-0.25, -0.2) is 0 Å². The molecule has 3 heterocycles. The lowest BCUT2D eigenvalue weighted by atomic mass is 10.1. The fourth-order valence-electron chi connectivity index (χ4n) is 4.05. The number of hydrogen-bond donors (Lipinski definition) is 0. The number of rotatable bonds is 2. The molecule has 0 amide bonds. The summed E-state index contributed by atoms with van der Waals surface area (Å²) in [5, 5.41) is 8.18. The maximum Gasteiger partial charge on any atom is 0.298 e. The van der Waals surface area contributed by atoms with E-state index in [0.717, 1.165) is 34.5 Å². The quantitative estimate of drug-likeness (QED) is 0.500. The van der Waals surface area contributed by atoms with E-state index in [1.54, 1.807) is 0 Å². The average molecular weight is 318 g/mol. The van der Waals surface area contributed by atoms with Crippen molar-refractivity contribution in [2.45, 2.75) is 19.3 Å². The van der Waals surface area contributed by atoms with Gasteiger partial charge in [-0.05, 0) is 36.6 Å². The second-order valence-electron chi connectivity index (χ2n) is 6.70. The zero-order chi connectivity index (χ0) is 16.0. The Morgan fingerprint density at radius 3 is 2.25 bits per heavy atom. The van der Waals surface area contributed by atoms with Crippen LogP contribution in [0.15, 0.2) is 65.4 Å². The van der Waals surface area contributed by atoms with E-state index in [-0.39, 0.29) is 0 Å². The highest BCUT2D eigenvalue weighted by atomic mass is 16.5. The Morgan fingerprint density at radius 2 is 1.50 bits per heavy atom. The summed E-state index contributed by atoms with van der Waals surface area (Å²) < 4.78 is 8.71. The summed E-state index contributed by atoms with van der Waals surface area (Å²) in [6, 6.07) is 16.7. The predicted octanol–water partition coefficient (Wildman–Crippen LogP) is 4.74. The molecule has 120 valence electrons. The Balaban J connectivity index is 1.76. The smallest absolute Gasteiger partial charge is 0.298 e. The highest BCUT2D eigenvalue weighted by molar-refractivity contribution is 5.88. The van der Waals surface area contributed by atoms with Crippen molar-refractivity contribution in [1.29, 1.82) is 0 Å². The van der Waals surface area contributed by atoms with E-state index in [1.165, 1.54) is 30.0 Å². The SMILES string of the molecule is c1ccc2cn([N+]3(c4noc5ccccc45)CCCCC3)cc2c1. The number of hydrogen-bond acceptors (Lipinski definition) is 2. The van der Waals surface area contributed by atoms with Crippen molar-refractivity contribution in [3.05, 3.63) is 60.9 Å². The monoisotopic (exact) mass is 318 g/mol. The average Bonchev–Trinajstić information content (AvgIpc) is 3.27. The van der Waals surface area contributed by atoms with Gasteiger partial charge in [0.25, 0.3) is 5.82 Å². The minimum atomic E-state index is 0.728. The van der Waals surface area contributed by atoms with Gasteiger partial charge >= 0.3 is 0 Å². The molecule has 4 nitrogen and oxygen atoms in total. The lowest BCUT2D eigenvalue weighted by molar-refractivity contribution is 0.161. The molecule has 0 saturated carbocycles. The molecule has 1 saturated heterocycles. The van der Waals surface area contributed by atoms with Crippen LogP contribution in [0.1, 0.15) is 19.3 Å². The van der Waals surface area contributed by atoms with E-state index in [0.29, 0.717) is 0 Å². The molecule has 0 aliphatic carbocycles. The molecular formula is C20H20N3O+. The van der Waals surface area contributed by atoms with Crippen molar-refractivity contribution < 1.29 is 4.52 Å². The molecule has 4 aromatic rings. The summed E-state index contributed by atoms with van der Waals surface area (Å²) in [6.45, 7) is 2.11. The molecule has 0 spiro atoms. The minimum absolute atomic E-state index is 0.728. The molecule has 24 heavy (non-hydrogen) atoms. The second-order valence-corrected chi connectivity index (χ2v) is 6.70. The van der Waals surface area contributed by atoms with E-state index in [1.807, 2.05) is 12.1 Å². The standard InChI is InChI=1S/C20H20N3O/c1-6-12-23(13-7-1,20-18-10-4-5-11-19(18)24-21-20)22-14-16-8-2-3-9-17(16)15-22/h2-5,8-11,14-15H,1,6-7,12-13H2/q+1. The van der Waals surface area contributed by atoms with E-state index < -0.39 is 0 Å². The van der Waals surface area contributed by atoms with Gasteiger partial charge in [0.15, 0.2) is 5.58 Å². The Bertz CT molecular complexity index is 975. The molecule has 4 heteroatoms. The Labute approximate surface area is 140 Å². The lowest BCUT2D eigenvalue weighted by Gasteiger charge is -2.38. The fourth-order valence-corrected chi connectivity index (χ4v) is 4.05. The van der Waals surface area contributed by atoms with Crippen molar-refractivity contribution in [3.63, 3.8) is 0 Å². The molecule has 2 aromatic heterocycles. The first-order chi connectivity index (χ1) is 11.9. The number of nitrogens with zero attached hydrogens (tertiary/aromatic N) is 3. The molecule has 1 aliphatic heterocycles. The summed E-state index contributed by atoms with van der Waals surface area (Å²) in [7, 11) is 0. The van der Waals surface area contributed by atoms with Gasteiger partial charge in [0.1, 0.15) is 18.5 Å². The summed E-state index contributed by atoms with van der Waals surface area (Å²) in [5.74, 6) is 1.03. The minimum Gasteiger partial charge on any atom is -0.351 e. The number of para-hydroxylation sites is 1. The number of fused-ring (bicyclic) bond motifs is 2. The highest BCUT2D eigenvalue weighted by Gasteiger charge is 2.39. The van der Waals surface area contributed by atoms with E-state index >= 15 is 0 Å². The molecule has 5 rings (SSSR count). The normalized spacial score (nSPS) is 17.5. The van der Waals surface area contributed by atoms with Crippen LogP contribution in [-0.2, 0) is 0 Å². The molecule has 0 bridgehead atoms. The van der Waals surface area contributed by atoms with Crippen LogP contribution in [0.25, 0.3) is 21.7 Å². The van der Waals surface area contributed by atoms with Crippen molar-refractivity contribution in [2.75, 3.05) is 13.1 Å². The first kappa shape index (κ1) is 13.8. The Hall–Kier alpha value is -2.59. The van der Waals surface area contributed by atoms with Gasteiger partial charge in [0, 0.05) is 10.8 Å². The van der Waals surface area contributed by atoms with Crippen LogP contribution < -0.4 is 4.59 Å². The molecular weight excluding hydrogens is 298 g/mol. The zero-order valence-corrected chi connectivity index (χ0v) is 13.6. The molecule has 1 fully saturated rings. The number of piperidine rings is 1. The van der Waals surface area contributed by atoms with Crippen LogP contribution >= 0.6 is 0 Å². The van der Waals surface area contributed by atoms with Crippen LogP contribution in [-0.4, -0.2) is 22.9 Å². The third-order valence-corrected chi connectivity index (χ3v) is 5.29. The van der Waals surface area contributed by atoms with Crippen LogP contribution in [0.3, 0.4) is 0 Å². The molecule has 1 aliphatic rings. The van der Waals surface area contributed by atoms with Crippen molar-refractivity contribution in [1.82, 2.24) is 14.4 Å². The summed E-state index contributed by atoms with van der Waals surface area (Å²) in [4.78, 5) is 0. The summed E-state index contributed by atoms with van der Waals surface area (Å²) in [5.41, 5.74) is 0.868. The summed E-state index contributed by atoms with van der Waals surface area (Å²) in [6.07, 6.45) is 8.20. The van der Waals surface area contributed by atoms with Gasteiger partial charge in [-0.1, -0.05) is 36.4 Å². The molecule has 0 radical (unpaired) electrons. The molecule has 0 atom stereocenters. The lowest BCUT2D eigenvalue weighted by Crippen LogP contribution is -2.56. The van der Waals surface area contributed by atoms with Gasteiger partial charge < -0.3 is 4.52 Å². The highest BCUT2D eigenvalue weighted by Crippen LogP contribution is 2.36. The molecule has 2 aromatic carbocycles. The first-order valence-electron chi connectivity index (χ1n) is 8.66. The van der Waals surface area contributed by atoms with Crippen LogP contribution in [0.2, 0.25) is 0 Å². The van der Waals surface area contributed by atoms with Crippen molar-refractivity contribution >= 4 is 27.6 Å². The van der Waals surface area contributed by atoms with Gasteiger partial charge in [-0.3, -0.25) is 0 Å². The first-order valence-corrected chi connectivity index (χ1v) is 8.66. The van der Waals surface area contributed by atoms with Gasteiger partial charge in [-0.2, -0.15) is 9.27 Å². The van der Waals surface area contributed by atoms with E-state index in [2.05, 4.69) is 58.6 Å².